The Kier molecular flexibility index (Phi) is 5.58. The molecule has 0 aliphatic rings. The van der Waals surface area contributed by atoms with E-state index >= 15 is 0 Å². The first-order chi connectivity index (χ1) is 8.03. The summed E-state index contributed by atoms with van der Waals surface area (Å²) in [6.07, 6.45) is 1.04. The molecule has 2 N–H and O–H groups in total. The van der Waals surface area contributed by atoms with Gasteiger partial charge in [0.25, 0.3) is 0 Å². The Hall–Kier alpha value is -0.430. The maximum Gasteiger partial charge on any atom is 0.241 e. The molecule has 0 aliphatic carbocycles. The lowest BCUT2D eigenvalue weighted by Gasteiger charge is -2.08. The number of rotatable bonds is 7. The summed E-state index contributed by atoms with van der Waals surface area (Å²) in [6.45, 7) is 7.64. The molecule has 0 unspecified atom stereocenters. The highest BCUT2D eigenvalue weighted by atomic mass is 32.2. The van der Waals surface area contributed by atoms with Crippen LogP contribution in [0.3, 0.4) is 0 Å². The molecule has 17 heavy (non-hydrogen) atoms. The predicted octanol–water partition coefficient (Wildman–Crippen LogP) is 1.85. The van der Waals surface area contributed by atoms with E-state index in [9.17, 15) is 8.42 Å². The standard InChI is InChI=1S/C11H20N2O2S2/c1-4-6-12-7-10-11(9(3)8-16-10)17(14,15)13-5-2/h8,12-13H,4-7H2,1-3H3. The Morgan fingerprint density at radius 1 is 1.35 bits per heavy atom. The Morgan fingerprint density at radius 3 is 2.65 bits per heavy atom. The third-order valence-electron chi connectivity index (χ3n) is 2.30. The lowest BCUT2D eigenvalue weighted by molar-refractivity contribution is 0.581. The third kappa shape index (κ3) is 3.77. The Labute approximate surface area is 107 Å². The van der Waals surface area contributed by atoms with Crippen LogP contribution in [0.4, 0.5) is 0 Å². The molecule has 0 amide bonds. The fourth-order valence-corrected chi connectivity index (χ4v) is 4.43. The minimum Gasteiger partial charge on any atom is -0.312 e. The van der Waals surface area contributed by atoms with E-state index < -0.39 is 10.0 Å². The number of hydrogen-bond acceptors (Lipinski definition) is 4. The quantitative estimate of drug-likeness (QED) is 0.747. The lowest BCUT2D eigenvalue weighted by atomic mass is 10.3. The number of thiophene rings is 1. The van der Waals surface area contributed by atoms with Crippen molar-refractivity contribution in [1.82, 2.24) is 10.0 Å². The minimum atomic E-state index is -3.35. The molecule has 4 nitrogen and oxygen atoms in total. The van der Waals surface area contributed by atoms with E-state index in [0.29, 0.717) is 18.0 Å². The largest absolute Gasteiger partial charge is 0.312 e. The molecule has 1 heterocycles. The first-order valence-electron chi connectivity index (χ1n) is 5.80. The molecule has 0 atom stereocenters. The summed E-state index contributed by atoms with van der Waals surface area (Å²) in [5.74, 6) is 0. The molecule has 0 saturated heterocycles. The van der Waals surface area contributed by atoms with Crippen molar-refractivity contribution in [3.05, 3.63) is 15.8 Å². The summed E-state index contributed by atoms with van der Waals surface area (Å²) in [5, 5.41) is 5.13. The van der Waals surface area contributed by atoms with Crippen molar-refractivity contribution in [2.75, 3.05) is 13.1 Å². The van der Waals surface area contributed by atoms with Crippen molar-refractivity contribution >= 4 is 21.4 Å². The van der Waals surface area contributed by atoms with Gasteiger partial charge in [-0.3, -0.25) is 0 Å². The average molecular weight is 276 g/mol. The maximum absolute atomic E-state index is 12.0. The van der Waals surface area contributed by atoms with E-state index in [4.69, 9.17) is 0 Å². The molecule has 1 aromatic heterocycles. The van der Waals surface area contributed by atoms with Crippen molar-refractivity contribution in [3.8, 4) is 0 Å². The molecule has 0 saturated carbocycles. The van der Waals surface area contributed by atoms with Gasteiger partial charge in [-0.2, -0.15) is 0 Å². The van der Waals surface area contributed by atoms with Crippen LogP contribution in [0.25, 0.3) is 0 Å². The van der Waals surface area contributed by atoms with E-state index in [1.54, 1.807) is 6.92 Å². The molecular formula is C11H20N2O2S2. The van der Waals surface area contributed by atoms with Crippen molar-refractivity contribution < 1.29 is 8.42 Å². The highest BCUT2D eigenvalue weighted by molar-refractivity contribution is 7.89. The van der Waals surface area contributed by atoms with Crippen molar-refractivity contribution in [2.24, 2.45) is 0 Å². The molecule has 0 aromatic carbocycles. The highest BCUT2D eigenvalue weighted by Gasteiger charge is 2.21. The topological polar surface area (TPSA) is 58.2 Å². The van der Waals surface area contributed by atoms with Gasteiger partial charge in [0.1, 0.15) is 4.90 Å². The molecule has 98 valence electrons. The van der Waals surface area contributed by atoms with E-state index in [2.05, 4.69) is 17.0 Å². The molecular weight excluding hydrogens is 256 g/mol. The van der Waals surface area contributed by atoms with Crippen LogP contribution >= 0.6 is 11.3 Å². The monoisotopic (exact) mass is 276 g/mol. The van der Waals surface area contributed by atoms with E-state index in [1.165, 1.54) is 11.3 Å². The molecule has 0 spiro atoms. The average Bonchev–Trinajstić information content (AvgIpc) is 2.61. The van der Waals surface area contributed by atoms with Crippen LogP contribution in [0.1, 0.15) is 30.7 Å². The van der Waals surface area contributed by atoms with Crippen LogP contribution in [0.2, 0.25) is 0 Å². The molecule has 0 aliphatic heterocycles. The van der Waals surface area contributed by atoms with E-state index in [0.717, 1.165) is 23.4 Å². The summed E-state index contributed by atoms with van der Waals surface area (Å²) in [4.78, 5) is 1.34. The van der Waals surface area contributed by atoms with Gasteiger partial charge in [0.2, 0.25) is 10.0 Å². The van der Waals surface area contributed by atoms with Crippen LogP contribution in [0.5, 0.6) is 0 Å². The first kappa shape index (κ1) is 14.6. The number of sulfonamides is 1. The van der Waals surface area contributed by atoms with Crippen LogP contribution in [0.15, 0.2) is 10.3 Å². The van der Waals surface area contributed by atoms with Gasteiger partial charge in [-0.15, -0.1) is 11.3 Å². The predicted molar refractivity (Wildman–Crippen MR) is 71.9 cm³/mol. The molecule has 1 rings (SSSR count). The summed E-state index contributed by atoms with van der Waals surface area (Å²) in [5.41, 5.74) is 0.823. The first-order valence-corrected chi connectivity index (χ1v) is 8.16. The minimum absolute atomic E-state index is 0.416. The Bertz CT molecular complexity index is 452. The van der Waals surface area contributed by atoms with E-state index in [-0.39, 0.29) is 0 Å². The van der Waals surface area contributed by atoms with Gasteiger partial charge in [0.05, 0.1) is 0 Å². The molecule has 1 aromatic rings. The summed E-state index contributed by atoms with van der Waals surface area (Å²) in [6, 6.07) is 0. The SMILES string of the molecule is CCCNCc1scc(C)c1S(=O)(=O)NCC. The van der Waals surface area contributed by atoms with Gasteiger partial charge >= 0.3 is 0 Å². The number of nitrogens with one attached hydrogen (secondary N) is 2. The van der Waals surface area contributed by atoms with Gasteiger partial charge in [-0.05, 0) is 30.8 Å². The van der Waals surface area contributed by atoms with Crippen LogP contribution in [-0.4, -0.2) is 21.5 Å². The van der Waals surface area contributed by atoms with Gasteiger partial charge in [0, 0.05) is 18.0 Å². The molecule has 6 heteroatoms. The molecule has 0 bridgehead atoms. The van der Waals surface area contributed by atoms with Crippen LogP contribution in [0, 0.1) is 6.92 Å². The summed E-state index contributed by atoms with van der Waals surface area (Å²) in [7, 11) is -3.35. The number of hydrogen-bond donors (Lipinski definition) is 2. The third-order valence-corrected chi connectivity index (χ3v) is 5.31. The smallest absolute Gasteiger partial charge is 0.241 e. The van der Waals surface area contributed by atoms with E-state index in [1.807, 2.05) is 12.3 Å². The lowest BCUT2D eigenvalue weighted by Crippen LogP contribution is -2.25. The normalized spacial score (nSPS) is 11.9. The van der Waals surface area contributed by atoms with Crippen molar-refractivity contribution in [1.29, 1.82) is 0 Å². The summed E-state index contributed by atoms with van der Waals surface area (Å²) >= 11 is 1.50. The Morgan fingerprint density at radius 2 is 2.06 bits per heavy atom. The molecule has 0 fully saturated rings. The zero-order valence-electron chi connectivity index (χ0n) is 10.5. The maximum atomic E-state index is 12.0. The Balaban J connectivity index is 2.94. The zero-order chi connectivity index (χ0) is 12.9. The van der Waals surface area contributed by atoms with Crippen LogP contribution in [-0.2, 0) is 16.6 Å². The van der Waals surface area contributed by atoms with Gasteiger partial charge in [-0.1, -0.05) is 13.8 Å². The second-order valence-electron chi connectivity index (χ2n) is 3.85. The van der Waals surface area contributed by atoms with Crippen molar-refractivity contribution in [2.45, 2.75) is 38.6 Å². The fourth-order valence-electron chi connectivity index (χ4n) is 1.61. The van der Waals surface area contributed by atoms with Gasteiger partial charge < -0.3 is 5.32 Å². The zero-order valence-corrected chi connectivity index (χ0v) is 12.2. The van der Waals surface area contributed by atoms with Crippen molar-refractivity contribution in [3.63, 3.8) is 0 Å². The van der Waals surface area contributed by atoms with Crippen LogP contribution < -0.4 is 10.0 Å². The van der Waals surface area contributed by atoms with Gasteiger partial charge in [-0.25, -0.2) is 13.1 Å². The highest BCUT2D eigenvalue weighted by Crippen LogP contribution is 2.26. The second kappa shape index (κ2) is 6.49. The fraction of sp³-hybridized carbons (Fsp3) is 0.636. The summed E-state index contributed by atoms with van der Waals surface area (Å²) < 4.78 is 26.6. The second-order valence-corrected chi connectivity index (χ2v) is 6.52. The van der Waals surface area contributed by atoms with Gasteiger partial charge in [0.15, 0.2) is 0 Å². The molecule has 0 radical (unpaired) electrons. The number of aryl methyl sites for hydroxylation is 1.